The molecule has 4 N–H and O–H groups in total. The summed E-state index contributed by atoms with van der Waals surface area (Å²) in [5, 5.41) is 0. The van der Waals surface area contributed by atoms with Crippen LogP contribution in [0.4, 0.5) is 10.2 Å². The highest BCUT2D eigenvalue weighted by molar-refractivity contribution is 5.93. The molecule has 9 heteroatoms. The number of carbonyl (C=O) groups is 1. The number of aromatic nitrogens is 5. The van der Waals surface area contributed by atoms with E-state index in [2.05, 4.69) is 15.0 Å². The molecule has 0 saturated carbocycles. The van der Waals surface area contributed by atoms with Crippen LogP contribution in [0.5, 0.6) is 0 Å². The summed E-state index contributed by atoms with van der Waals surface area (Å²) >= 11 is 0. The Morgan fingerprint density at radius 1 is 1.10 bits per heavy atom. The maximum atomic E-state index is 14.0. The third-order valence-electron chi connectivity index (χ3n) is 4.98. The molecule has 1 amide bonds. The molecule has 5 rings (SSSR count). The van der Waals surface area contributed by atoms with Gasteiger partial charge in [-0.05, 0) is 24.3 Å². The summed E-state index contributed by atoms with van der Waals surface area (Å²) in [7, 11) is 1.89. The number of fused-ring (bicyclic) bond motifs is 2. The van der Waals surface area contributed by atoms with Gasteiger partial charge in [-0.2, -0.15) is 0 Å². The third-order valence-corrected chi connectivity index (χ3v) is 4.98. The van der Waals surface area contributed by atoms with E-state index >= 15 is 0 Å². The number of primary amides is 1. The van der Waals surface area contributed by atoms with E-state index in [9.17, 15) is 9.18 Å². The van der Waals surface area contributed by atoms with E-state index in [1.54, 1.807) is 22.9 Å². The number of nitrogens with zero attached hydrogens (tertiary/aromatic N) is 5. The Bertz CT molecular complexity index is 1470. The van der Waals surface area contributed by atoms with Crippen molar-refractivity contribution in [2.75, 3.05) is 5.73 Å². The first-order chi connectivity index (χ1) is 14.4. The average Bonchev–Trinajstić information content (AvgIpc) is 3.33. The number of aryl methyl sites for hydroxylation is 1. The maximum Gasteiger partial charge on any atom is 0.268 e. The Kier molecular flexibility index (Phi) is 3.78. The molecule has 2 aromatic carbocycles. The van der Waals surface area contributed by atoms with Gasteiger partial charge >= 0.3 is 0 Å². The molecule has 0 atom stereocenters. The van der Waals surface area contributed by atoms with Crippen molar-refractivity contribution in [2.24, 2.45) is 12.8 Å². The SMILES string of the molecule is Cn1cnc2ccc(-c3c(-c4cccc(F)c4)nc(N)c4nc(C(N)=O)cn34)cc21. The standard InChI is InChI=1S/C21H16FN7O/c1-28-10-25-14-6-5-12(8-16(14)28)18-17(11-3-2-4-13(22)7-11)27-19(23)21-26-15(20(24)30)9-29(18)21/h2-10H,1H3,(H2,23,27)(H2,24,30). The molecule has 5 aromatic rings. The third kappa shape index (κ3) is 2.67. The highest BCUT2D eigenvalue weighted by Crippen LogP contribution is 2.35. The van der Waals surface area contributed by atoms with Gasteiger partial charge in [-0.1, -0.05) is 18.2 Å². The Labute approximate surface area is 169 Å². The molecule has 0 spiro atoms. The Morgan fingerprint density at radius 3 is 2.70 bits per heavy atom. The van der Waals surface area contributed by atoms with Crippen molar-refractivity contribution in [1.29, 1.82) is 0 Å². The predicted octanol–water partition coefficient (Wildman–Crippen LogP) is 2.77. The van der Waals surface area contributed by atoms with Crippen LogP contribution in [0.1, 0.15) is 10.5 Å². The zero-order chi connectivity index (χ0) is 21.0. The number of imidazole rings is 2. The highest BCUT2D eigenvalue weighted by atomic mass is 19.1. The van der Waals surface area contributed by atoms with E-state index in [0.29, 0.717) is 22.6 Å². The lowest BCUT2D eigenvalue weighted by Gasteiger charge is -2.14. The van der Waals surface area contributed by atoms with Gasteiger partial charge in [0.25, 0.3) is 5.91 Å². The van der Waals surface area contributed by atoms with Gasteiger partial charge in [0.15, 0.2) is 11.5 Å². The molecule has 8 nitrogen and oxygen atoms in total. The normalized spacial score (nSPS) is 11.4. The zero-order valence-corrected chi connectivity index (χ0v) is 15.9. The summed E-state index contributed by atoms with van der Waals surface area (Å²) in [6, 6.07) is 11.8. The Hall–Kier alpha value is -4.27. The van der Waals surface area contributed by atoms with Gasteiger partial charge in [0.1, 0.15) is 11.5 Å². The maximum absolute atomic E-state index is 14.0. The summed E-state index contributed by atoms with van der Waals surface area (Å²) < 4.78 is 17.5. The van der Waals surface area contributed by atoms with E-state index in [4.69, 9.17) is 11.5 Å². The quantitative estimate of drug-likeness (QED) is 0.482. The summed E-state index contributed by atoms with van der Waals surface area (Å²) in [4.78, 5) is 24.8. The van der Waals surface area contributed by atoms with Crippen molar-refractivity contribution in [3.63, 3.8) is 0 Å². The molecule has 3 aromatic heterocycles. The number of hydrogen-bond donors (Lipinski definition) is 2. The van der Waals surface area contributed by atoms with Crippen LogP contribution in [-0.2, 0) is 7.05 Å². The summed E-state index contributed by atoms with van der Waals surface area (Å²) in [5.74, 6) is -0.977. The fourth-order valence-corrected chi connectivity index (χ4v) is 3.57. The van der Waals surface area contributed by atoms with Gasteiger partial charge in [-0.3, -0.25) is 9.20 Å². The second-order valence-electron chi connectivity index (χ2n) is 6.95. The largest absolute Gasteiger partial charge is 0.381 e. The van der Waals surface area contributed by atoms with Crippen molar-refractivity contribution in [2.45, 2.75) is 0 Å². The smallest absolute Gasteiger partial charge is 0.268 e. The van der Waals surface area contributed by atoms with Crippen LogP contribution < -0.4 is 11.5 Å². The van der Waals surface area contributed by atoms with Crippen LogP contribution in [0.25, 0.3) is 39.2 Å². The van der Waals surface area contributed by atoms with Crippen LogP contribution >= 0.6 is 0 Å². The lowest BCUT2D eigenvalue weighted by molar-refractivity contribution is 0.0996. The van der Waals surface area contributed by atoms with Crippen molar-refractivity contribution in [3.8, 4) is 22.5 Å². The molecule has 3 heterocycles. The predicted molar refractivity (Wildman–Crippen MR) is 111 cm³/mol. The van der Waals surface area contributed by atoms with Crippen LogP contribution in [0.2, 0.25) is 0 Å². The molecule has 0 aliphatic heterocycles. The molecular weight excluding hydrogens is 385 g/mol. The molecule has 0 aliphatic rings. The first-order valence-corrected chi connectivity index (χ1v) is 9.08. The van der Waals surface area contributed by atoms with E-state index in [0.717, 1.165) is 16.6 Å². The van der Waals surface area contributed by atoms with E-state index in [1.807, 2.05) is 29.8 Å². The van der Waals surface area contributed by atoms with Crippen LogP contribution in [-0.4, -0.2) is 29.8 Å². The minimum absolute atomic E-state index is 0.0581. The lowest BCUT2D eigenvalue weighted by atomic mass is 10.0. The van der Waals surface area contributed by atoms with Crippen molar-refractivity contribution in [3.05, 3.63) is 66.5 Å². The molecule has 0 aliphatic carbocycles. The number of carbonyl (C=O) groups excluding carboxylic acids is 1. The van der Waals surface area contributed by atoms with Crippen molar-refractivity contribution >= 4 is 28.4 Å². The zero-order valence-electron chi connectivity index (χ0n) is 15.9. The number of halogens is 1. The summed E-state index contributed by atoms with van der Waals surface area (Å²) in [5.41, 5.74) is 16.0. The molecule has 0 saturated heterocycles. The minimum Gasteiger partial charge on any atom is -0.381 e. The van der Waals surface area contributed by atoms with Crippen LogP contribution in [0, 0.1) is 5.82 Å². The topological polar surface area (TPSA) is 117 Å². The molecule has 0 unspecified atom stereocenters. The Balaban J connectivity index is 1.90. The summed E-state index contributed by atoms with van der Waals surface area (Å²) in [6.07, 6.45) is 3.24. The van der Waals surface area contributed by atoms with Gasteiger partial charge < -0.3 is 16.0 Å². The molecule has 148 valence electrons. The minimum atomic E-state index is -0.682. The number of nitrogen functional groups attached to an aromatic ring is 1. The fraction of sp³-hybridized carbons (Fsp3) is 0.0476. The van der Waals surface area contributed by atoms with Crippen molar-refractivity contribution in [1.82, 2.24) is 23.9 Å². The van der Waals surface area contributed by atoms with Gasteiger partial charge in [0, 0.05) is 24.4 Å². The number of nitrogens with two attached hydrogens (primary N) is 2. The number of benzene rings is 2. The van der Waals surface area contributed by atoms with Crippen molar-refractivity contribution < 1.29 is 9.18 Å². The monoisotopic (exact) mass is 401 g/mol. The second-order valence-corrected chi connectivity index (χ2v) is 6.95. The number of hydrogen-bond acceptors (Lipinski definition) is 5. The molecular formula is C21H16FN7O. The Morgan fingerprint density at radius 2 is 1.93 bits per heavy atom. The number of rotatable bonds is 3. The number of amides is 1. The van der Waals surface area contributed by atoms with E-state index in [-0.39, 0.29) is 11.5 Å². The second kappa shape index (κ2) is 6.38. The fourth-order valence-electron chi connectivity index (χ4n) is 3.57. The first kappa shape index (κ1) is 17.8. The van der Waals surface area contributed by atoms with Crippen LogP contribution in [0.15, 0.2) is 55.0 Å². The van der Waals surface area contributed by atoms with E-state index in [1.165, 1.54) is 18.3 Å². The van der Waals surface area contributed by atoms with Gasteiger partial charge in [-0.15, -0.1) is 0 Å². The van der Waals surface area contributed by atoms with Crippen LogP contribution in [0.3, 0.4) is 0 Å². The molecule has 0 radical (unpaired) electrons. The number of anilines is 1. The lowest BCUT2D eigenvalue weighted by Crippen LogP contribution is -2.10. The average molecular weight is 401 g/mol. The summed E-state index contributed by atoms with van der Waals surface area (Å²) in [6.45, 7) is 0. The van der Waals surface area contributed by atoms with E-state index < -0.39 is 11.7 Å². The molecule has 0 bridgehead atoms. The molecule has 0 fully saturated rings. The van der Waals surface area contributed by atoms with Gasteiger partial charge in [-0.25, -0.2) is 19.3 Å². The first-order valence-electron chi connectivity index (χ1n) is 9.08. The highest BCUT2D eigenvalue weighted by Gasteiger charge is 2.20. The van der Waals surface area contributed by atoms with Gasteiger partial charge in [0.2, 0.25) is 0 Å². The molecule has 30 heavy (non-hydrogen) atoms. The van der Waals surface area contributed by atoms with Gasteiger partial charge in [0.05, 0.1) is 28.7 Å².